The first kappa shape index (κ1) is 15.7. The van der Waals surface area contributed by atoms with Gasteiger partial charge in [0.1, 0.15) is 0 Å². The number of thiophene rings is 1. The first-order valence-corrected chi connectivity index (χ1v) is 7.59. The van der Waals surface area contributed by atoms with E-state index in [9.17, 15) is 9.59 Å². The Morgan fingerprint density at radius 1 is 1.43 bits per heavy atom. The number of carbonyl (C=O) groups is 2. The summed E-state index contributed by atoms with van der Waals surface area (Å²) in [5, 5.41) is 13.3. The highest BCUT2D eigenvalue weighted by atomic mass is 32.1. The number of ether oxygens (including phenoxy) is 1. The van der Waals surface area contributed by atoms with Gasteiger partial charge in [-0.1, -0.05) is 6.07 Å². The molecule has 2 rings (SSSR count). The first-order chi connectivity index (χ1) is 10.2. The second-order valence-corrected chi connectivity index (χ2v) is 5.58. The van der Waals surface area contributed by atoms with Crippen LogP contribution in [0.25, 0.3) is 0 Å². The van der Waals surface area contributed by atoms with Gasteiger partial charge in [0.25, 0.3) is 0 Å². The molecule has 6 nitrogen and oxygen atoms in total. The lowest BCUT2D eigenvalue weighted by molar-refractivity contribution is -0.131. The van der Waals surface area contributed by atoms with Crippen molar-refractivity contribution in [3.63, 3.8) is 0 Å². The van der Waals surface area contributed by atoms with Crippen LogP contribution in [0.2, 0.25) is 0 Å². The van der Waals surface area contributed by atoms with Gasteiger partial charge in [0.15, 0.2) is 0 Å². The van der Waals surface area contributed by atoms with Crippen molar-refractivity contribution in [2.75, 3.05) is 32.8 Å². The molecule has 1 aliphatic heterocycles. The quantitative estimate of drug-likeness (QED) is 0.763. The van der Waals surface area contributed by atoms with E-state index >= 15 is 0 Å². The Kier molecular flexibility index (Phi) is 5.91. The van der Waals surface area contributed by atoms with E-state index in [0.717, 1.165) is 25.2 Å². The normalized spacial score (nSPS) is 17.7. The van der Waals surface area contributed by atoms with Crippen LogP contribution in [0.3, 0.4) is 0 Å². The summed E-state index contributed by atoms with van der Waals surface area (Å²) in [5.41, 5.74) is 0. The molecule has 0 spiro atoms. The van der Waals surface area contributed by atoms with Crippen LogP contribution in [0, 0.1) is 0 Å². The third-order valence-corrected chi connectivity index (χ3v) is 4.18. The average molecular weight is 310 g/mol. The minimum Gasteiger partial charge on any atom is -0.478 e. The molecule has 1 aliphatic rings. The molecule has 1 aromatic rings. The topological polar surface area (TPSA) is 78.9 Å². The largest absolute Gasteiger partial charge is 0.478 e. The van der Waals surface area contributed by atoms with Crippen molar-refractivity contribution >= 4 is 23.2 Å². The summed E-state index contributed by atoms with van der Waals surface area (Å²) >= 11 is 1.65. The minimum absolute atomic E-state index is 0.0936. The Morgan fingerprint density at radius 3 is 2.81 bits per heavy atom. The van der Waals surface area contributed by atoms with Crippen molar-refractivity contribution in [3.8, 4) is 0 Å². The predicted molar refractivity (Wildman–Crippen MR) is 79.2 cm³/mol. The molecule has 2 N–H and O–H groups in total. The van der Waals surface area contributed by atoms with E-state index in [1.54, 1.807) is 11.3 Å². The highest BCUT2D eigenvalue weighted by Gasteiger charge is 2.23. The number of nitrogens with zero attached hydrogens (tertiary/aromatic N) is 1. The second-order valence-electron chi connectivity index (χ2n) is 4.60. The SMILES string of the molecule is O=C(O)/C=C/C(=O)NCC(c1cccs1)N1CCOCC1. The first-order valence-electron chi connectivity index (χ1n) is 6.71. The van der Waals surface area contributed by atoms with Gasteiger partial charge >= 0.3 is 5.97 Å². The van der Waals surface area contributed by atoms with E-state index in [1.165, 1.54) is 4.88 Å². The monoisotopic (exact) mass is 310 g/mol. The highest BCUT2D eigenvalue weighted by Crippen LogP contribution is 2.25. The van der Waals surface area contributed by atoms with E-state index in [2.05, 4.69) is 10.2 Å². The lowest BCUT2D eigenvalue weighted by atomic mass is 10.2. The number of hydrogen-bond donors (Lipinski definition) is 2. The number of rotatable bonds is 6. The van der Waals surface area contributed by atoms with Gasteiger partial charge in [0, 0.05) is 36.7 Å². The number of carbonyl (C=O) groups excluding carboxylic acids is 1. The third kappa shape index (κ3) is 4.96. The van der Waals surface area contributed by atoms with E-state index in [-0.39, 0.29) is 6.04 Å². The van der Waals surface area contributed by atoms with Gasteiger partial charge in [0.2, 0.25) is 5.91 Å². The molecule has 0 aliphatic carbocycles. The maximum atomic E-state index is 11.6. The fourth-order valence-electron chi connectivity index (χ4n) is 2.18. The van der Waals surface area contributed by atoms with Crippen LogP contribution in [0.4, 0.5) is 0 Å². The highest BCUT2D eigenvalue weighted by molar-refractivity contribution is 7.10. The van der Waals surface area contributed by atoms with Crippen molar-refractivity contribution in [3.05, 3.63) is 34.5 Å². The van der Waals surface area contributed by atoms with Crippen LogP contribution in [-0.4, -0.2) is 54.7 Å². The third-order valence-electron chi connectivity index (χ3n) is 3.20. The second kappa shape index (κ2) is 7.92. The Hall–Kier alpha value is -1.70. The van der Waals surface area contributed by atoms with Crippen LogP contribution in [0.5, 0.6) is 0 Å². The smallest absolute Gasteiger partial charge is 0.328 e. The van der Waals surface area contributed by atoms with Crippen molar-refractivity contribution in [1.82, 2.24) is 10.2 Å². The predicted octanol–water partition coefficient (Wildman–Crippen LogP) is 0.878. The average Bonchev–Trinajstić information content (AvgIpc) is 3.00. The number of carboxylic acid groups (broad SMARTS) is 1. The molecule has 1 saturated heterocycles. The molecule has 7 heteroatoms. The number of morpholine rings is 1. The maximum absolute atomic E-state index is 11.6. The van der Waals surface area contributed by atoms with Crippen LogP contribution in [0.1, 0.15) is 10.9 Å². The summed E-state index contributed by atoms with van der Waals surface area (Å²) in [7, 11) is 0. The van der Waals surface area contributed by atoms with Crippen molar-refractivity contribution in [2.45, 2.75) is 6.04 Å². The Balaban J connectivity index is 1.96. The summed E-state index contributed by atoms with van der Waals surface area (Å²) < 4.78 is 5.36. The Labute approximate surface area is 127 Å². The van der Waals surface area contributed by atoms with E-state index in [1.807, 2.05) is 17.5 Å². The number of aliphatic carboxylic acids is 1. The van der Waals surface area contributed by atoms with Gasteiger partial charge in [-0.15, -0.1) is 11.3 Å². The number of carboxylic acids is 1. The molecule has 1 fully saturated rings. The van der Waals surface area contributed by atoms with Gasteiger partial charge in [0.05, 0.1) is 19.3 Å². The lowest BCUT2D eigenvalue weighted by Gasteiger charge is -2.34. The summed E-state index contributed by atoms with van der Waals surface area (Å²) in [6.45, 7) is 3.47. The van der Waals surface area contributed by atoms with Gasteiger partial charge in [-0.2, -0.15) is 0 Å². The van der Waals surface area contributed by atoms with Crippen molar-refractivity contribution < 1.29 is 19.4 Å². The summed E-state index contributed by atoms with van der Waals surface area (Å²) in [5.74, 6) is -1.53. The molecule has 21 heavy (non-hydrogen) atoms. The summed E-state index contributed by atoms with van der Waals surface area (Å²) in [6, 6.07) is 4.12. The molecule has 114 valence electrons. The molecular formula is C14H18N2O4S. The zero-order chi connectivity index (χ0) is 15.1. The molecule has 0 bridgehead atoms. The van der Waals surface area contributed by atoms with Crippen LogP contribution in [0.15, 0.2) is 29.7 Å². The number of nitrogens with one attached hydrogen (secondary N) is 1. The van der Waals surface area contributed by atoms with E-state index in [0.29, 0.717) is 19.8 Å². The van der Waals surface area contributed by atoms with Gasteiger partial charge in [-0.05, 0) is 11.4 Å². The number of hydrogen-bond acceptors (Lipinski definition) is 5. The molecule has 2 heterocycles. The fraction of sp³-hybridized carbons (Fsp3) is 0.429. The molecule has 1 amide bonds. The zero-order valence-electron chi connectivity index (χ0n) is 11.5. The fourth-order valence-corrected chi connectivity index (χ4v) is 3.04. The summed E-state index contributed by atoms with van der Waals surface area (Å²) in [4.78, 5) is 25.4. The molecule has 1 unspecified atom stereocenters. The Morgan fingerprint density at radius 2 is 2.19 bits per heavy atom. The molecule has 1 aromatic heterocycles. The zero-order valence-corrected chi connectivity index (χ0v) is 12.3. The Bertz CT molecular complexity index is 495. The maximum Gasteiger partial charge on any atom is 0.328 e. The van der Waals surface area contributed by atoms with Gasteiger partial charge in [-0.3, -0.25) is 9.69 Å². The van der Waals surface area contributed by atoms with Gasteiger partial charge < -0.3 is 15.2 Å². The van der Waals surface area contributed by atoms with Crippen LogP contribution >= 0.6 is 11.3 Å². The van der Waals surface area contributed by atoms with E-state index in [4.69, 9.17) is 9.84 Å². The van der Waals surface area contributed by atoms with Gasteiger partial charge in [-0.25, -0.2) is 4.79 Å². The molecule has 0 aromatic carbocycles. The number of amides is 1. The molecular weight excluding hydrogens is 292 g/mol. The molecule has 1 atom stereocenters. The lowest BCUT2D eigenvalue weighted by Crippen LogP contribution is -2.43. The van der Waals surface area contributed by atoms with Crippen molar-refractivity contribution in [2.24, 2.45) is 0 Å². The summed E-state index contributed by atoms with van der Waals surface area (Å²) in [6.07, 6.45) is 1.87. The standard InChI is InChI=1S/C14H18N2O4S/c17-13(3-4-14(18)19)15-10-11(12-2-1-9-21-12)16-5-7-20-8-6-16/h1-4,9,11H,5-8,10H2,(H,15,17)(H,18,19)/b4-3+. The molecule has 0 radical (unpaired) electrons. The van der Waals surface area contributed by atoms with Crippen LogP contribution in [-0.2, 0) is 14.3 Å². The minimum atomic E-state index is -1.13. The van der Waals surface area contributed by atoms with Crippen molar-refractivity contribution in [1.29, 1.82) is 0 Å². The van der Waals surface area contributed by atoms with Crippen LogP contribution < -0.4 is 5.32 Å². The van der Waals surface area contributed by atoms with E-state index < -0.39 is 11.9 Å². The molecule has 0 saturated carbocycles.